The number of H-pyrrole nitrogens is 2. The van der Waals surface area contributed by atoms with Crippen molar-refractivity contribution in [2.24, 2.45) is 0 Å². The van der Waals surface area contributed by atoms with Gasteiger partial charge in [0, 0.05) is 13.2 Å². The van der Waals surface area contributed by atoms with E-state index in [1.807, 2.05) is 0 Å². The molecule has 0 spiro atoms. The molecular formula is C9H13N3O4. The van der Waals surface area contributed by atoms with Crippen molar-refractivity contribution in [2.75, 3.05) is 7.05 Å². The predicted octanol–water partition coefficient (Wildman–Crippen LogP) is -0.362. The zero-order valence-corrected chi connectivity index (χ0v) is 9.20. The van der Waals surface area contributed by atoms with Gasteiger partial charge in [0.1, 0.15) is 11.2 Å². The average Bonchev–Trinajstić information content (AvgIpc) is 2.62. The number of nitrogens with zero attached hydrogens (tertiary/aromatic N) is 1. The second-order valence-corrected chi connectivity index (χ2v) is 3.88. The quantitative estimate of drug-likeness (QED) is 0.655. The fourth-order valence-corrected chi connectivity index (χ4v) is 1.03. The Labute approximate surface area is 91.1 Å². The maximum absolute atomic E-state index is 11.8. The summed E-state index contributed by atoms with van der Waals surface area (Å²) in [5.74, 6) is -1.69. The summed E-state index contributed by atoms with van der Waals surface area (Å²) >= 11 is 0. The highest BCUT2D eigenvalue weighted by atomic mass is 16.4. The van der Waals surface area contributed by atoms with E-state index in [9.17, 15) is 14.4 Å². The lowest BCUT2D eigenvalue weighted by Gasteiger charge is -2.30. The normalized spacial score (nSPS) is 11.2. The second kappa shape index (κ2) is 3.84. The van der Waals surface area contributed by atoms with Gasteiger partial charge in [0.25, 0.3) is 5.91 Å². The van der Waals surface area contributed by atoms with Crippen LogP contribution in [0.3, 0.4) is 0 Å². The fraction of sp³-hybridized carbons (Fsp3) is 0.444. The highest BCUT2D eigenvalue weighted by Gasteiger charge is 2.36. The molecule has 88 valence electrons. The minimum atomic E-state index is -1.34. The number of carboxylic acids is 1. The minimum absolute atomic E-state index is 0.0295. The van der Waals surface area contributed by atoms with Crippen LogP contribution < -0.4 is 5.69 Å². The first-order valence-corrected chi connectivity index (χ1v) is 4.56. The number of imidazole rings is 1. The van der Waals surface area contributed by atoms with Crippen molar-refractivity contribution >= 4 is 11.9 Å². The zero-order valence-electron chi connectivity index (χ0n) is 9.20. The smallest absolute Gasteiger partial charge is 0.329 e. The number of amides is 1. The Morgan fingerprint density at radius 1 is 1.44 bits per heavy atom. The topological polar surface area (TPSA) is 106 Å². The van der Waals surface area contributed by atoms with Crippen molar-refractivity contribution in [1.82, 2.24) is 14.9 Å². The minimum Gasteiger partial charge on any atom is -0.480 e. The van der Waals surface area contributed by atoms with Crippen LogP contribution in [0.1, 0.15) is 24.3 Å². The summed E-state index contributed by atoms with van der Waals surface area (Å²) in [7, 11) is 1.36. The fourth-order valence-electron chi connectivity index (χ4n) is 1.03. The molecule has 0 fully saturated rings. The Kier molecular flexibility index (Phi) is 2.88. The Morgan fingerprint density at radius 3 is 2.38 bits per heavy atom. The number of carboxylic acid groups (broad SMARTS) is 1. The average molecular weight is 227 g/mol. The molecule has 0 aliphatic heterocycles. The lowest BCUT2D eigenvalue weighted by molar-refractivity contribution is -0.147. The van der Waals surface area contributed by atoms with E-state index in [0.29, 0.717) is 0 Å². The number of nitrogens with one attached hydrogen (secondary N) is 2. The van der Waals surface area contributed by atoms with Crippen LogP contribution in [-0.2, 0) is 4.79 Å². The van der Waals surface area contributed by atoms with Gasteiger partial charge in [-0.3, -0.25) is 4.79 Å². The summed E-state index contributed by atoms with van der Waals surface area (Å²) in [6.45, 7) is 2.80. The number of carbonyl (C=O) groups excluding carboxylic acids is 1. The summed E-state index contributed by atoms with van der Waals surface area (Å²) in [5, 5.41) is 8.94. The molecule has 0 aliphatic rings. The molecule has 3 N–H and O–H groups in total. The van der Waals surface area contributed by atoms with E-state index < -0.39 is 23.1 Å². The molecule has 0 atom stereocenters. The third kappa shape index (κ3) is 1.97. The lowest BCUT2D eigenvalue weighted by Crippen LogP contribution is -2.50. The molecule has 1 amide bonds. The third-order valence-corrected chi connectivity index (χ3v) is 2.49. The number of rotatable bonds is 3. The highest BCUT2D eigenvalue weighted by molar-refractivity contribution is 5.95. The van der Waals surface area contributed by atoms with Crippen molar-refractivity contribution in [3.63, 3.8) is 0 Å². The molecule has 1 heterocycles. The van der Waals surface area contributed by atoms with Gasteiger partial charge in [0.15, 0.2) is 0 Å². The van der Waals surface area contributed by atoms with Gasteiger partial charge in [-0.25, -0.2) is 9.59 Å². The van der Waals surface area contributed by atoms with Gasteiger partial charge in [-0.2, -0.15) is 0 Å². The van der Waals surface area contributed by atoms with Gasteiger partial charge in [-0.15, -0.1) is 0 Å². The third-order valence-electron chi connectivity index (χ3n) is 2.49. The van der Waals surface area contributed by atoms with Crippen LogP contribution in [0.2, 0.25) is 0 Å². The number of likely N-dealkylation sites (N-methyl/N-ethyl adjacent to an activating group) is 1. The van der Waals surface area contributed by atoms with Crippen LogP contribution >= 0.6 is 0 Å². The van der Waals surface area contributed by atoms with Gasteiger partial charge >= 0.3 is 11.7 Å². The van der Waals surface area contributed by atoms with Gasteiger partial charge in [-0.05, 0) is 13.8 Å². The first kappa shape index (κ1) is 12.0. The van der Waals surface area contributed by atoms with Crippen molar-refractivity contribution in [3.8, 4) is 0 Å². The van der Waals surface area contributed by atoms with Crippen molar-refractivity contribution < 1.29 is 14.7 Å². The number of aliphatic carboxylic acids is 1. The Hall–Kier alpha value is -2.05. The molecule has 1 aromatic rings. The van der Waals surface area contributed by atoms with Gasteiger partial charge in [0.2, 0.25) is 0 Å². The van der Waals surface area contributed by atoms with Gasteiger partial charge in [-0.1, -0.05) is 0 Å². The van der Waals surface area contributed by atoms with Crippen LogP contribution in [0, 0.1) is 0 Å². The van der Waals surface area contributed by atoms with Crippen LogP contribution in [-0.4, -0.2) is 44.4 Å². The van der Waals surface area contributed by atoms with Crippen LogP contribution in [0.4, 0.5) is 0 Å². The largest absolute Gasteiger partial charge is 0.480 e. The molecule has 1 rings (SSSR count). The van der Waals surface area contributed by atoms with Crippen molar-refractivity contribution in [1.29, 1.82) is 0 Å². The SMILES string of the molecule is CN(C(=O)c1c[nH]c(=O)[nH]1)C(C)(C)C(=O)O. The first-order chi connectivity index (χ1) is 7.26. The Bertz CT molecular complexity index is 471. The van der Waals surface area contributed by atoms with E-state index in [1.54, 1.807) is 0 Å². The van der Waals surface area contributed by atoms with E-state index in [0.717, 1.165) is 4.90 Å². The molecule has 0 saturated carbocycles. The zero-order chi connectivity index (χ0) is 12.5. The molecule has 7 nitrogen and oxygen atoms in total. The Morgan fingerprint density at radius 2 is 2.00 bits per heavy atom. The standard InChI is InChI=1S/C9H13N3O4/c1-9(2,7(14)15)12(3)6(13)5-4-10-8(16)11-5/h4H,1-3H3,(H,14,15)(H2,10,11,16). The van der Waals surface area contributed by atoms with E-state index >= 15 is 0 Å². The molecule has 1 aromatic heterocycles. The molecule has 16 heavy (non-hydrogen) atoms. The summed E-state index contributed by atoms with van der Waals surface area (Å²) in [5.41, 5.74) is -1.82. The first-order valence-electron chi connectivity index (χ1n) is 4.56. The molecular weight excluding hydrogens is 214 g/mol. The van der Waals surface area contributed by atoms with Crippen molar-refractivity contribution in [3.05, 3.63) is 22.4 Å². The molecule has 0 aliphatic carbocycles. The monoisotopic (exact) mass is 227 g/mol. The second-order valence-electron chi connectivity index (χ2n) is 3.88. The lowest BCUT2D eigenvalue weighted by atomic mass is 10.0. The summed E-state index contributed by atoms with van der Waals surface area (Å²) < 4.78 is 0. The summed E-state index contributed by atoms with van der Waals surface area (Å²) in [4.78, 5) is 39.1. The highest BCUT2D eigenvalue weighted by Crippen LogP contribution is 2.14. The van der Waals surface area contributed by atoms with Crippen LogP contribution in [0.25, 0.3) is 0 Å². The van der Waals surface area contributed by atoms with Crippen LogP contribution in [0.15, 0.2) is 11.0 Å². The number of carbonyl (C=O) groups is 2. The van der Waals surface area contributed by atoms with Gasteiger partial charge in [0.05, 0.1) is 0 Å². The van der Waals surface area contributed by atoms with E-state index in [4.69, 9.17) is 5.11 Å². The van der Waals surface area contributed by atoms with Gasteiger partial charge < -0.3 is 20.0 Å². The number of hydrogen-bond acceptors (Lipinski definition) is 3. The van der Waals surface area contributed by atoms with Crippen LogP contribution in [0.5, 0.6) is 0 Å². The van der Waals surface area contributed by atoms with E-state index in [-0.39, 0.29) is 5.69 Å². The molecule has 0 saturated heterocycles. The van der Waals surface area contributed by atoms with E-state index in [2.05, 4.69) is 9.97 Å². The molecule has 0 radical (unpaired) electrons. The Balaban J connectivity index is 2.99. The maximum atomic E-state index is 11.8. The summed E-state index contributed by atoms with van der Waals surface area (Å²) in [6.07, 6.45) is 1.21. The predicted molar refractivity (Wildman–Crippen MR) is 55.2 cm³/mol. The number of aromatic nitrogens is 2. The number of hydrogen-bond donors (Lipinski definition) is 3. The molecule has 0 aromatic carbocycles. The number of aromatic amines is 2. The molecule has 7 heteroatoms. The van der Waals surface area contributed by atoms with E-state index in [1.165, 1.54) is 27.1 Å². The molecule has 0 bridgehead atoms. The maximum Gasteiger partial charge on any atom is 0.329 e. The molecule has 0 unspecified atom stereocenters. The van der Waals surface area contributed by atoms with Crippen molar-refractivity contribution in [2.45, 2.75) is 19.4 Å². The summed E-state index contributed by atoms with van der Waals surface area (Å²) in [6, 6.07) is 0.